The van der Waals surface area contributed by atoms with Crippen LogP contribution in [0.1, 0.15) is 58.1 Å². The molecular weight excluding hydrogens is 713 g/mol. The van der Waals surface area contributed by atoms with Crippen LogP contribution in [0.4, 0.5) is 4.79 Å². The molecule has 0 radical (unpaired) electrons. The van der Waals surface area contributed by atoms with E-state index in [1.165, 1.54) is 21.3 Å². The van der Waals surface area contributed by atoms with Gasteiger partial charge in [-0.25, -0.2) is 13.2 Å². The number of aliphatic hydroxyl groups is 1. The SMILES string of the molecule is CCC(C)[C@H](NC(=O)[C@@H]1CCCN1C(=O)OCc1ccccc1)C(=O)N[C@@H](Cc1ccccc1)C(O)CN(CC(C)C)S(=O)(=O)c1ccc2c(c1)OCO2. The van der Waals surface area contributed by atoms with Gasteiger partial charge in [-0.1, -0.05) is 94.8 Å². The molecule has 292 valence electrons. The average molecular weight is 765 g/mol. The first-order valence-electron chi connectivity index (χ1n) is 18.6. The first-order valence-corrected chi connectivity index (χ1v) is 20.0. The van der Waals surface area contributed by atoms with Gasteiger partial charge in [0, 0.05) is 25.7 Å². The van der Waals surface area contributed by atoms with Crippen LogP contribution < -0.4 is 20.1 Å². The summed E-state index contributed by atoms with van der Waals surface area (Å²) in [6.45, 7) is 7.71. The quantitative estimate of drug-likeness (QED) is 0.180. The van der Waals surface area contributed by atoms with Crippen LogP contribution in [0.15, 0.2) is 83.8 Å². The average Bonchev–Trinajstić information content (AvgIpc) is 3.86. The molecule has 2 aliphatic heterocycles. The lowest BCUT2D eigenvalue weighted by atomic mass is 9.95. The lowest BCUT2D eigenvalue weighted by Crippen LogP contribution is -2.59. The Balaban J connectivity index is 1.33. The van der Waals surface area contributed by atoms with E-state index in [0.29, 0.717) is 37.3 Å². The van der Waals surface area contributed by atoms with Crippen molar-refractivity contribution < 1.29 is 42.1 Å². The smallest absolute Gasteiger partial charge is 0.410 e. The number of ether oxygens (including phenoxy) is 3. The number of carbonyl (C=O) groups excluding carboxylic acids is 3. The van der Waals surface area contributed by atoms with Crippen molar-refractivity contribution in [3.8, 4) is 11.5 Å². The van der Waals surface area contributed by atoms with E-state index in [1.807, 2.05) is 88.4 Å². The molecule has 3 aromatic carbocycles. The van der Waals surface area contributed by atoms with Crippen molar-refractivity contribution >= 4 is 27.9 Å². The van der Waals surface area contributed by atoms with E-state index in [-0.39, 0.29) is 49.6 Å². The van der Waals surface area contributed by atoms with Crippen molar-refractivity contribution in [2.24, 2.45) is 11.8 Å². The van der Waals surface area contributed by atoms with Gasteiger partial charge < -0.3 is 30.0 Å². The maximum Gasteiger partial charge on any atom is 0.410 e. The molecule has 0 spiro atoms. The summed E-state index contributed by atoms with van der Waals surface area (Å²) in [4.78, 5) is 42.4. The standard InChI is InChI=1S/C40H52N4O9S/c1-5-28(4)37(42-38(46)33-17-12-20-44(33)40(48)51-25-30-15-10-7-11-16-30)39(47)41-32(21-29-13-8-6-9-14-29)34(45)24-43(23-27(2)3)54(49,50)31-18-19-35-36(22-31)53-26-52-35/h6-11,13-16,18-19,22,27-28,32-34,37,45H,5,12,17,20-21,23-26H2,1-4H3,(H,41,47)(H,42,46)/t28?,32-,33-,34?,37-/m0/s1. The van der Waals surface area contributed by atoms with Crippen molar-refractivity contribution in [3.05, 3.63) is 90.0 Å². The molecule has 5 rings (SSSR count). The van der Waals surface area contributed by atoms with Crippen LogP contribution in [0.2, 0.25) is 0 Å². The first-order chi connectivity index (χ1) is 25.9. The third-order valence-electron chi connectivity index (χ3n) is 9.82. The highest BCUT2D eigenvalue weighted by Crippen LogP contribution is 2.35. The molecule has 2 aliphatic rings. The number of carbonyl (C=O) groups is 3. The Morgan fingerprint density at radius 1 is 0.926 bits per heavy atom. The van der Waals surface area contributed by atoms with E-state index in [9.17, 15) is 27.9 Å². The van der Waals surface area contributed by atoms with E-state index in [0.717, 1.165) is 11.1 Å². The summed E-state index contributed by atoms with van der Waals surface area (Å²) >= 11 is 0. The Morgan fingerprint density at radius 3 is 2.26 bits per heavy atom. The molecule has 0 aromatic heterocycles. The van der Waals surface area contributed by atoms with Crippen LogP contribution in [0.5, 0.6) is 11.5 Å². The van der Waals surface area contributed by atoms with Crippen LogP contribution in [0.25, 0.3) is 0 Å². The molecule has 54 heavy (non-hydrogen) atoms. The number of hydrogen-bond donors (Lipinski definition) is 3. The highest BCUT2D eigenvalue weighted by molar-refractivity contribution is 7.89. The van der Waals surface area contributed by atoms with Gasteiger partial charge in [0.05, 0.1) is 17.0 Å². The number of likely N-dealkylation sites (tertiary alicyclic amines) is 1. The van der Waals surface area contributed by atoms with E-state index < -0.39 is 52.2 Å². The molecule has 14 heteroatoms. The van der Waals surface area contributed by atoms with Gasteiger partial charge in [0.25, 0.3) is 0 Å². The molecule has 0 bridgehead atoms. The molecular formula is C40H52N4O9S. The topological polar surface area (TPSA) is 164 Å². The van der Waals surface area contributed by atoms with Gasteiger partial charge in [-0.15, -0.1) is 0 Å². The summed E-state index contributed by atoms with van der Waals surface area (Å²) in [5.74, 6) is -0.628. The number of sulfonamides is 1. The summed E-state index contributed by atoms with van der Waals surface area (Å²) in [6, 6.07) is 20.2. The third kappa shape index (κ3) is 10.3. The van der Waals surface area contributed by atoms with Crippen molar-refractivity contribution in [3.63, 3.8) is 0 Å². The van der Waals surface area contributed by atoms with Crippen LogP contribution in [0, 0.1) is 11.8 Å². The molecule has 3 aromatic rings. The Bertz CT molecular complexity index is 1830. The fraction of sp³-hybridized carbons (Fsp3) is 0.475. The lowest BCUT2D eigenvalue weighted by molar-refractivity contribution is -0.133. The number of hydrogen-bond acceptors (Lipinski definition) is 9. The van der Waals surface area contributed by atoms with Crippen molar-refractivity contribution in [2.45, 2.75) is 89.1 Å². The van der Waals surface area contributed by atoms with E-state index in [4.69, 9.17) is 14.2 Å². The highest BCUT2D eigenvalue weighted by atomic mass is 32.2. The summed E-state index contributed by atoms with van der Waals surface area (Å²) in [5.41, 5.74) is 1.64. The van der Waals surface area contributed by atoms with Gasteiger partial charge in [0.15, 0.2) is 11.5 Å². The molecule has 2 heterocycles. The number of nitrogens with one attached hydrogen (secondary N) is 2. The monoisotopic (exact) mass is 764 g/mol. The van der Waals surface area contributed by atoms with Crippen LogP contribution in [-0.2, 0) is 37.4 Å². The Hall–Kier alpha value is -4.66. The van der Waals surface area contributed by atoms with Crippen LogP contribution >= 0.6 is 0 Å². The number of amides is 3. The lowest BCUT2D eigenvalue weighted by Gasteiger charge is -2.33. The molecule has 1 fully saturated rings. The minimum absolute atomic E-state index is 0.00676. The van der Waals surface area contributed by atoms with Crippen molar-refractivity contribution in [1.29, 1.82) is 0 Å². The second-order valence-electron chi connectivity index (χ2n) is 14.4. The zero-order chi connectivity index (χ0) is 38.8. The van der Waals surface area contributed by atoms with E-state index in [2.05, 4.69) is 10.6 Å². The maximum absolute atomic E-state index is 14.2. The zero-order valence-electron chi connectivity index (χ0n) is 31.3. The Morgan fingerprint density at radius 2 is 1.59 bits per heavy atom. The number of benzene rings is 3. The molecule has 3 amide bonds. The molecule has 0 saturated carbocycles. The fourth-order valence-corrected chi connectivity index (χ4v) is 8.27. The van der Waals surface area contributed by atoms with Crippen molar-refractivity contribution in [1.82, 2.24) is 19.8 Å². The van der Waals surface area contributed by atoms with Gasteiger partial charge in [0.2, 0.25) is 28.6 Å². The van der Waals surface area contributed by atoms with Crippen molar-refractivity contribution in [2.75, 3.05) is 26.4 Å². The Kier molecular flexibility index (Phi) is 13.9. The fourth-order valence-electron chi connectivity index (χ4n) is 6.64. The molecule has 5 atom stereocenters. The van der Waals surface area contributed by atoms with Gasteiger partial charge in [0.1, 0.15) is 18.7 Å². The third-order valence-corrected chi connectivity index (χ3v) is 11.6. The largest absolute Gasteiger partial charge is 0.454 e. The summed E-state index contributed by atoms with van der Waals surface area (Å²) < 4.78 is 45.6. The number of fused-ring (bicyclic) bond motifs is 1. The van der Waals surface area contributed by atoms with Gasteiger partial charge in [-0.2, -0.15) is 4.31 Å². The minimum Gasteiger partial charge on any atom is -0.454 e. The van der Waals surface area contributed by atoms with Crippen LogP contribution in [-0.4, -0.2) is 91.3 Å². The summed E-state index contributed by atoms with van der Waals surface area (Å²) in [7, 11) is -4.11. The number of nitrogens with zero attached hydrogens (tertiary/aromatic N) is 2. The molecule has 1 saturated heterocycles. The molecule has 13 nitrogen and oxygen atoms in total. The second kappa shape index (κ2) is 18.6. The first kappa shape index (κ1) is 40.5. The normalized spacial score (nSPS) is 17.5. The highest BCUT2D eigenvalue weighted by Gasteiger charge is 2.39. The predicted octanol–water partition coefficient (Wildman–Crippen LogP) is 4.48. The second-order valence-corrected chi connectivity index (χ2v) is 16.3. The molecule has 3 N–H and O–H groups in total. The molecule has 0 aliphatic carbocycles. The van der Waals surface area contributed by atoms with Gasteiger partial charge in [-0.3, -0.25) is 14.5 Å². The predicted molar refractivity (Wildman–Crippen MR) is 202 cm³/mol. The van der Waals surface area contributed by atoms with Gasteiger partial charge >= 0.3 is 6.09 Å². The van der Waals surface area contributed by atoms with Gasteiger partial charge in [-0.05, 0) is 54.4 Å². The zero-order valence-corrected chi connectivity index (χ0v) is 32.2. The summed E-state index contributed by atoms with van der Waals surface area (Å²) in [5, 5.41) is 17.7. The molecule has 2 unspecified atom stereocenters. The maximum atomic E-state index is 14.2. The minimum atomic E-state index is -4.11. The van der Waals surface area contributed by atoms with E-state index >= 15 is 0 Å². The van der Waals surface area contributed by atoms with E-state index in [1.54, 1.807) is 6.07 Å². The Labute approximate surface area is 318 Å². The number of aliphatic hydroxyl groups excluding tert-OH is 1. The van der Waals surface area contributed by atoms with Crippen LogP contribution in [0.3, 0.4) is 0 Å². The summed E-state index contributed by atoms with van der Waals surface area (Å²) in [6.07, 6.45) is -0.179. The number of rotatable bonds is 17.